The topological polar surface area (TPSA) is 188 Å². The van der Waals surface area contributed by atoms with Crippen LogP contribution in [0.2, 0.25) is 0 Å². The Morgan fingerprint density at radius 3 is 1.91 bits per heavy atom. The van der Waals surface area contributed by atoms with Crippen LogP contribution >= 0.6 is 0 Å². The van der Waals surface area contributed by atoms with E-state index in [1.807, 2.05) is 0 Å². The number of nitrogens with two attached hydrogens (primary N) is 1. The van der Waals surface area contributed by atoms with Crippen molar-refractivity contribution < 1.29 is 45.5 Å². The first-order valence-electron chi connectivity index (χ1n) is 10.2. The molecule has 0 spiro atoms. The summed E-state index contributed by atoms with van der Waals surface area (Å²) in [5.41, 5.74) is 5.50. The lowest BCUT2D eigenvalue weighted by Gasteiger charge is -2.42. The third kappa shape index (κ3) is 2.72. The number of rotatable bonds is 5. The number of carbonyl (C=O) groups excluding carboxylic acids is 4. The van der Waals surface area contributed by atoms with Crippen LogP contribution in [0.25, 0.3) is 0 Å². The first kappa shape index (κ1) is 23.9. The Hall–Kier alpha value is -2.26. The Bertz CT molecular complexity index is 1180. The minimum atomic E-state index is -3.94. The van der Waals surface area contributed by atoms with Gasteiger partial charge in [-0.2, -0.15) is 0 Å². The summed E-state index contributed by atoms with van der Waals surface area (Å²) < 4.78 is 57.5. The van der Waals surface area contributed by atoms with Crippen molar-refractivity contribution in [3.05, 3.63) is 0 Å². The van der Waals surface area contributed by atoms with Gasteiger partial charge in [0, 0.05) is 6.54 Å². The monoisotopic (exact) mass is 507 g/mol. The Labute approximate surface area is 190 Å². The zero-order valence-corrected chi connectivity index (χ0v) is 20.0. The van der Waals surface area contributed by atoms with Crippen LogP contribution in [0.4, 0.5) is 0 Å². The van der Waals surface area contributed by atoms with Crippen LogP contribution in [0, 0.1) is 5.92 Å². The second-order valence-electron chi connectivity index (χ2n) is 9.58. The van der Waals surface area contributed by atoms with E-state index in [-0.39, 0.29) is 13.0 Å². The van der Waals surface area contributed by atoms with E-state index in [2.05, 4.69) is 0 Å². The predicted octanol–water partition coefficient (Wildman–Crippen LogP) is -2.52. The number of hydrogen-bond acceptors (Lipinski definition) is 11. The van der Waals surface area contributed by atoms with E-state index in [1.54, 1.807) is 0 Å². The molecule has 5 atom stereocenters. The zero-order chi connectivity index (χ0) is 24.9. The molecule has 4 rings (SSSR count). The van der Waals surface area contributed by atoms with Gasteiger partial charge in [-0.1, -0.05) is 0 Å². The molecule has 4 heterocycles. The molecule has 184 valence electrons. The molecule has 13 nitrogen and oxygen atoms in total. The number of fused-ring (bicyclic) bond motifs is 2. The summed E-state index contributed by atoms with van der Waals surface area (Å²) >= 11 is 0. The van der Waals surface area contributed by atoms with Gasteiger partial charge in [-0.3, -0.25) is 9.59 Å². The quantitative estimate of drug-likeness (QED) is 0.235. The molecule has 0 aromatic carbocycles. The Morgan fingerprint density at radius 1 is 0.939 bits per heavy atom. The van der Waals surface area contributed by atoms with Crippen LogP contribution in [0.15, 0.2) is 0 Å². The number of sulfone groups is 2. The van der Waals surface area contributed by atoms with Crippen LogP contribution < -0.4 is 5.73 Å². The molecule has 4 aliphatic heterocycles. The molecule has 4 fully saturated rings. The van der Waals surface area contributed by atoms with Crippen molar-refractivity contribution in [1.82, 2.24) is 9.80 Å². The number of ether oxygens (including phenoxy) is 2. The second-order valence-corrected chi connectivity index (χ2v) is 14.9. The lowest BCUT2D eigenvalue weighted by atomic mass is 9.92. The van der Waals surface area contributed by atoms with Gasteiger partial charge in [0.1, 0.15) is 22.8 Å². The maximum Gasteiger partial charge on any atom is 0.333 e. The average Bonchev–Trinajstić information content (AvgIpc) is 2.92. The molecular formula is C18H25N3O10S2. The Morgan fingerprint density at radius 2 is 1.42 bits per heavy atom. The molecule has 2 N–H and O–H groups in total. The highest BCUT2D eigenvalue weighted by Crippen LogP contribution is 2.49. The molecule has 4 saturated heterocycles. The van der Waals surface area contributed by atoms with E-state index in [4.69, 9.17) is 15.2 Å². The lowest BCUT2D eigenvalue weighted by molar-refractivity contribution is -0.182. The molecule has 33 heavy (non-hydrogen) atoms. The van der Waals surface area contributed by atoms with E-state index in [0.29, 0.717) is 0 Å². The maximum atomic E-state index is 12.9. The standard InChI is InChI=1S/C18H25N3O10S2/c1-17(2)11(20-9(22)5-10(20)32(17,26)27)15(24)30-7-31-16(25)12-18(3,4)33(28,29)14-8(6-19)13(23)21(12)14/h8,10-12,14H,5-7,19H2,1-4H3/t8-,10-,11+,12+,14-/m1/s1. The highest BCUT2D eigenvalue weighted by molar-refractivity contribution is 7.94. The number of nitrogens with zero attached hydrogens (tertiary/aromatic N) is 2. The summed E-state index contributed by atoms with van der Waals surface area (Å²) in [5, 5.41) is -2.33. The molecule has 0 radical (unpaired) electrons. The van der Waals surface area contributed by atoms with Crippen molar-refractivity contribution in [2.45, 2.75) is 66.4 Å². The van der Waals surface area contributed by atoms with Crippen LogP contribution in [0.1, 0.15) is 34.1 Å². The molecule has 4 aliphatic rings. The summed E-state index contributed by atoms with van der Waals surface area (Å²) in [6, 6.07) is -2.88. The van der Waals surface area contributed by atoms with Crippen molar-refractivity contribution >= 4 is 43.4 Å². The first-order valence-corrected chi connectivity index (χ1v) is 13.3. The van der Waals surface area contributed by atoms with Crippen LogP contribution in [-0.4, -0.2) is 96.1 Å². The second kappa shape index (κ2) is 6.88. The molecule has 15 heteroatoms. The van der Waals surface area contributed by atoms with Gasteiger partial charge in [0.05, 0.1) is 21.8 Å². The molecule has 0 unspecified atom stereocenters. The van der Waals surface area contributed by atoms with Gasteiger partial charge in [-0.25, -0.2) is 26.4 Å². The SMILES string of the molecule is CC1(C)[C@H](C(=O)OCOC(=O)[C@@H]2N3C(=O)[C@@H](CN)[C@H]3S(=O)(=O)C2(C)C)N2C(=O)C[C@H]2S1(=O)=O. The molecular weight excluding hydrogens is 482 g/mol. The zero-order valence-electron chi connectivity index (χ0n) is 18.4. The molecule has 0 aliphatic carbocycles. The number of carbonyl (C=O) groups is 4. The summed E-state index contributed by atoms with van der Waals surface area (Å²) in [7, 11) is -7.76. The fourth-order valence-electron chi connectivity index (χ4n) is 5.12. The van der Waals surface area contributed by atoms with Gasteiger partial charge in [-0.05, 0) is 27.7 Å². The smallest absolute Gasteiger partial charge is 0.333 e. The van der Waals surface area contributed by atoms with Gasteiger partial charge >= 0.3 is 11.9 Å². The van der Waals surface area contributed by atoms with Crippen LogP contribution in [-0.2, 0) is 48.3 Å². The maximum absolute atomic E-state index is 12.9. The third-order valence-corrected chi connectivity index (χ3v) is 12.9. The number of hydrogen-bond donors (Lipinski definition) is 1. The van der Waals surface area contributed by atoms with Crippen molar-refractivity contribution in [3.8, 4) is 0 Å². The van der Waals surface area contributed by atoms with E-state index < -0.39 is 88.5 Å². The summed E-state index contributed by atoms with van der Waals surface area (Å²) in [6.45, 7) is 4.06. The van der Waals surface area contributed by atoms with Crippen LogP contribution in [0.5, 0.6) is 0 Å². The van der Waals surface area contributed by atoms with Gasteiger partial charge < -0.3 is 25.0 Å². The van der Waals surface area contributed by atoms with Gasteiger partial charge in [0.2, 0.25) is 18.6 Å². The highest BCUT2D eigenvalue weighted by Gasteiger charge is 2.72. The summed E-state index contributed by atoms with van der Waals surface area (Å²) in [4.78, 5) is 51.5. The third-order valence-electron chi connectivity index (χ3n) is 7.26. The molecule has 0 saturated carbocycles. The van der Waals surface area contributed by atoms with E-state index in [0.717, 1.165) is 9.80 Å². The summed E-state index contributed by atoms with van der Waals surface area (Å²) in [6.07, 6.45) is -0.218. The molecule has 0 aromatic heterocycles. The fourth-order valence-corrected chi connectivity index (χ4v) is 9.57. The van der Waals surface area contributed by atoms with Crippen molar-refractivity contribution in [3.63, 3.8) is 0 Å². The normalized spacial score (nSPS) is 36.3. The number of β-lactam (4-membered cyclic amide) rings is 2. The van der Waals surface area contributed by atoms with Gasteiger partial charge in [0.25, 0.3) is 0 Å². The largest absolute Gasteiger partial charge is 0.426 e. The van der Waals surface area contributed by atoms with Crippen LogP contribution in [0.3, 0.4) is 0 Å². The minimum absolute atomic E-state index is 0.189. The Balaban J connectivity index is 1.45. The Kier molecular flexibility index (Phi) is 4.98. The highest BCUT2D eigenvalue weighted by atomic mass is 32.2. The predicted molar refractivity (Wildman–Crippen MR) is 109 cm³/mol. The van der Waals surface area contributed by atoms with Crippen molar-refractivity contribution in [1.29, 1.82) is 0 Å². The van der Waals surface area contributed by atoms with E-state index in [9.17, 15) is 36.0 Å². The van der Waals surface area contributed by atoms with Crippen molar-refractivity contribution in [2.75, 3.05) is 13.3 Å². The van der Waals surface area contributed by atoms with E-state index >= 15 is 0 Å². The first-order chi connectivity index (χ1) is 15.0. The fraction of sp³-hybridized carbons (Fsp3) is 0.778. The summed E-state index contributed by atoms with van der Waals surface area (Å²) in [5.74, 6) is -4.22. The van der Waals surface area contributed by atoms with Gasteiger partial charge in [-0.15, -0.1) is 0 Å². The number of esters is 2. The molecule has 2 amide bonds. The average molecular weight is 508 g/mol. The van der Waals surface area contributed by atoms with Gasteiger partial charge in [0.15, 0.2) is 19.7 Å². The number of amides is 2. The van der Waals surface area contributed by atoms with E-state index in [1.165, 1.54) is 27.7 Å². The molecule has 0 bridgehead atoms. The lowest BCUT2D eigenvalue weighted by Crippen LogP contribution is -2.65. The minimum Gasteiger partial charge on any atom is -0.426 e. The van der Waals surface area contributed by atoms with Crippen molar-refractivity contribution in [2.24, 2.45) is 11.7 Å². The molecule has 0 aromatic rings.